The minimum absolute atomic E-state index is 0.318. The number of hydrogen-bond donors (Lipinski definition) is 1. The summed E-state index contributed by atoms with van der Waals surface area (Å²) in [5, 5.41) is 0. The molecule has 0 bridgehead atoms. The van der Waals surface area contributed by atoms with Crippen LogP contribution >= 0.6 is 0 Å². The molecule has 0 spiro atoms. The zero-order valence-corrected chi connectivity index (χ0v) is 8.13. The van der Waals surface area contributed by atoms with Crippen LogP contribution in [0.4, 0.5) is 0 Å². The van der Waals surface area contributed by atoms with Crippen molar-refractivity contribution in [1.82, 2.24) is 0 Å². The molecule has 0 aliphatic rings. The Morgan fingerprint density at radius 1 is 1.50 bits per heavy atom. The fourth-order valence-electron chi connectivity index (χ4n) is 0.746. The van der Waals surface area contributed by atoms with Gasteiger partial charge in [0.25, 0.3) is 10.1 Å². The van der Waals surface area contributed by atoms with Crippen LogP contribution in [0.5, 0.6) is 0 Å². The van der Waals surface area contributed by atoms with Gasteiger partial charge in [-0.3, -0.25) is 4.55 Å². The minimum Gasteiger partial charge on any atom is -0.285 e. The first-order chi connectivity index (χ1) is 5.45. The van der Waals surface area contributed by atoms with Crippen molar-refractivity contribution in [3.8, 4) is 0 Å². The van der Waals surface area contributed by atoms with Gasteiger partial charge < -0.3 is 0 Å². The third kappa shape index (κ3) is 7.50. The highest BCUT2D eigenvalue weighted by Crippen LogP contribution is 1.97. The molecular formula is C8H14O3S. The van der Waals surface area contributed by atoms with Gasteiger partial charge in [0.15, 0.2) is 0 Å². The smallest absolute Gasteiger partial charge is 0.268 e. The van der Waals surface area contributed by atoms with Crippen LogP contribution in [0, 0.1) is 0 Å². The van der Waals surface area contributed by atoms with E-state index in [0.29, 0.717) is 0 Å². The van der Waals surface area contributed by atoms with Gasteiger partial charge in [0.2, 0.25) is 0 Å². The monoisotopic (exact) mass is 190 g/mol. The maximum Gasteiger partial charge on any atom is 0.268 e. The molecule has 12 heavy (non-hydrogen) atoms. The van der Waals surface area contributed by atoms with E-state index in [1.807, 2.05) is 19.9 Å². The summed E-state index contributed by atoms with van der Waals surface area (Å²) in [5.74, 6) is -0.318. The van der Waals surface area contributed by atoms with E-state index >= 15 is 0 Å². The first-order valence-electron chi connectivity index (χ1n) is 3.74. The third-order valence-corrected chi connectivity index (χ3v) is 1.83. The maximum atomic E-state index is 10.3. The molecule has 0 aliphatic heterocycles. The summed E-state index contributed by atoms with van der Waals surface area (Å²) in [6, 6.07) is 0. The number of hydrogen-bond acceptors (Lipinski definition) is 2. The average Bonchev–Trinajstić information content (AvgIpc) is 1.84. The van der Waals surface area contributed by atoms with Crippen molar-refractivity contribution in [2.24, 2.45) is 0 Å². The predicted octanol–water partition coefficient (Wildman–Crippen LogP) is 1.79. The highest BCUT2D eigenvalue weighted by Gasteiger charge is 1.97. The van der Waals surface area contributed by atoms with Gasteiger partial charge in [-0.15, -0.1) is 0 Å². The molecule has 0 rings (SSSR count). The lowest BCUT2D eigenvalue weighted by atomic mass is 10.2. The summed E-state index contributed by atoms with van der Waals surface area (Å²) >= 11 is 0. The first kappa shape index (κ1) is 11.4. The molecule has 0 amide bonds. The van der Waals surface area contributed by atoms with Crippen LogP contribution in [0.2, 0.25) is 0 Å². The molecule has 0 fully saturated rings. The van der Waals surface area contributed by atoms with Gasteiger partial charge in [0.1, 0.15) is 0 Å². The molecule has 0 unspecified atom stereocenters. The highest BCUT2D eigenvalue weighted by molar-refractivity contribution is 7.85. The molecule has 3 nitrogen and oxygen atoms in total. The molecule has 0 atom stereocenters. The van der Waals surface area contributed by atoms with Gasteiger partial charge in [-0.1, -0.05) is 30.7 Å². The van der Waals surface area contributed by atoms with Gasteiger partial charge in [-0.25, -0.2) is 0 Å². The first-order valence-corrected chi connectivity index (χ1v) is 5.35. The zero-order valence-electron chi connectivity index (χ0n) is 7.32. The minimum atomic E-state index is -3.85. The summed E-state index contributed by atoms with van der Waals surface area (Å²) in [6.45, 7) is 3.88. The lowest BCUT2D eigenvalue weighted by molar-refractivity contribution is 0.487. The summed E-state index contributed by atoms with van der Waals surface area (Å²) in [7, 11) is -3.85. The summed E-state index contributed by atoms with van der Waals surface area (Å²) in [4.78, 5) is 0. The molecule has 0 aliphatic carbocycles. The SMILES string of the molecule is CC/C=C(C)\C=C/CS(=O)(=O)O. The van der Waals surface area contributed by atoms with Crippen molar-refractivity contribution < 1.29 is 13.0 Å². The second-order valence-corrected chi connectivity index (χ2v) is 4.00. The van der Waals surface area contributed by atoms with Gasteiger partial charge >= 0.3 is 0 Å². The van der Waals surface area contributed by atoms with Crippen molar-refractivity contribution in [3.05, 3.63) is 23.8 Å². The van der Waals surface area contributed by atoms with E-state index < -0.39 is 10.1 Å². The van der Waals surface area contributed by atoms with Crippen LogP contribution in [0.15, 0.2) is 23.8 Å². The van der Waals surface area contributed by atoms with Crippen LogP contribution in [-0.2, 0) is 10.1 Å². The van der Waals surface area contributed by atoms with E-state index in [4.69, 9.17) is 4.55 Å². The molecule has 0 saturated heterocycles. The Morgan fingerprint density at radius 2 is 2.08 bits per heavy atom. The average molecular weight is 190 g/mol. The normalized spacial score (nSPS) is 14.1. The van der Waals surface area contributed by atoms with E-state index in [2.05, 4.69) is 0 Å². The van der Waals surface area contributed by atoms with Crippen LogP contribution < -0.4 is 0 Å². The van der Waals surface area contributed by atoms with Crippen molar-refractivity contribution in [3.63, 3.8) is 0 Å². The second kappa shape index (κ2) is 5.11. The molecule has 0 aromatic heterocycles. The Labute approximate surface area is 73.5 Å². The van der Waals surface area contributed by atoms with Crippen molar-refractivity contribution >= 4 is 10.1 Å². The van der Waals surface area contributed by atoms with Gasteiger partial charge in [-0.05, 0) is 13.3 Å². The lowest BCUT2D eigenvalue weighted by Gasteiger charge is -1.90. The largest absolute Gasteiger partial charge is 0.285 e. The highest BCUT2D eigenvalue weighted by atomic mass is 32.2. The Hall–Kier alpha value is -0.610. The topological polar surface area (TPSA) is 54.4 Å². The van der Waals surface area contributed by atoms with E-state index in [-0.39, 0.29) is 5.75 Å². The predicted molar refractivity (Wildman–Crippen MR) is 49.6 cm³/mol. The summed E-state index contributed by atoms with van der Waals surface area (Å²) in [5.41, 5.74) is 1.00. The van der Waals surface area contributed by atoms with E-state index in [9.17, 15) is 8.42 Å². The fraction of sp³-hybridized carbons (Fsp3) is 0.500. The van der Waals surface area contributed by atoms with Gasteiger partial charge in [0, 0.05) is 0 Å². The molecule has 0 aromatic carbocycles. The number of allylic oxidation sites excluding steroid dienone is 3. The molecule has 1 N–H and O–H groups in total. The Bertz CT molecular complexity index is 273. The van der Waals surface area contributed by atoms with Gasteiger partial charge in [0.05, 0.1) is 5.75 Å². The van der Waals surface area contributed by atoms with Crippen LogP contribution in [-0.4, -0.2) is 18.7 Å². The molecular weight excluding hydrogens is 176 g/mol. The van der Waals surface area contributed by atoms with E-state index in [1.54, 1.807) is 6.08 Å². The van der Waals surface area contributed by atoms with E-state index in [1.165, 1.54) is 6.08 Å². The standard InChI is InChI=1S/C8H14O3S/c1-3-5-8(2)6-4-7-12(9,10)11/h4-6H,3,7H2,1-2H3,(H,9,10,11)/b6-4-,8-5-. The molecule has 0 radical (unpaired) electrons. The van der Waals surface area contributed by atoms with Crippen LogP contribution in [0.25, 0.3) is 0 Å². The number of rotatable bonds is 4. The third-order valence-electron chi connectivity index (χ3n) is 1.21. The quantitative estimate of drug-likeness (QED) is 0.543. The van der Waals surface area contributed by atoms with Crippen LogP contribution in [0.3, 0.4) is 0 Å². The van der Waals surface area contributed by atoms with Crippen molar-refractivity contribution in [2.75, 3.05) is 5.75 Å². The fourth-order valence-corrected chi connectivity index (χ4v) is 1.09. The lowest BCUT2D eigenvalue weighted by Crippen LogP contribution is -2.00. The van der Waals surface area contributed by atoms with Gasteiger partial charge in [-0.2, -0.15) is 8.42 Å². The Balaban J connectivity index is 4.02. The Kier molecular flexibility index (Phi) is 4.85. The second-order valence-electron chi connectivity index (χ2n) is 2.51. The summed E-state index contributed by atoms with van der Waals surface area (Å²) < 4.78 is 28.9. The molecule has 70 valence electrons. The molecule has 0 saturated carbocycles. The molecule has 0 aromatic rings. The molecule has 4 heteroatoms. The molecule has 0 heterocycles. The zero-order chi connectivity index (χ0) is 9.61. The van der Waals surface area contributed by atoms with Crippen molar-refractivity contribution in [1.29, 1.82) is 0 Å². The maximum absolute atomic E-state index is 10.3. The Morgan fingerprint density at radius 3 is 2.50 bits per heavy atom. The summed E-state index contributed by atoms with van der Waals surface area (Å²) in [6.07, 6.45) is 6.00. The van der Waals surface area contributed by atoms with Crippen molar-refractivity contribution in [2.45, 2.75) is 20.3 Å². The van der Waals surface area contributed by atoms with E-state index in [0.717, 1.165) is 12.0 Å². The van der Waals surface area contributed by atoms with Crippen LogP contribution in [0.1, 0.15) is 20.3 Å².